The summed E-state index contributed by atoms with van der Waals surface area (Å²) in [5.41, 5.74) is 2.40. The first-order valence-corrected chi connectivity index (χ1v) is 10.2. The number of aliphatic hydroxyl groups is 1. The first-order valence-electron chi connectivity index (χ1n) is 10.2. The first-order chi connectivity index (χ1) is 15.0. The Labute approximate surface area is 181 Å². The predicted molar refractivity (Wildman–Crippen MR) is 116 cm³/mol. The minimum Gasteiger partial charge on any atom is -0.395 e. The second-order valence-corrected chi connectivity index (χ2v) is 7.65. The average Bonchev–Trinajstić information content (AvgIpc) is 3.60. The molecule has 1 saturated carbocycles. The molecular weight excluding hydrogens is 396 g/mol. The van der Waals surface area contributed by atoms with Crippen LogP contribution >= 0.6 is 0 Å². The molecule has 0 radical (unpaired) electrons. The van der Waals surface area contributed by atoms with E-state index in [0.29, 0.717) is 35.9 Å². The lowest BCUT2D eigenvalue weighted by Crippen LogP contribution is -2.36. The number of anilines is 2. The quantitative estimate of drug-likeness (QED) is 0.466. The third-order valence-electron chi connectivity index (χ3n) is 5.04. The van der Waals surface area contributed by atoms with Crippen LogP contribution in [0.3, 0.4) is 0 Å². The highest BCUT2D eigenvalue weighted by Crippen LogP contribution is 2.30. The van der Waals surface area contributed by atoms with Crippen molar-refractivity contribution in [3.05, 3.63) is 36.2 Å². The number of carbonyl (C=O) groups excluding carboxylic acids is 2. The normalized spacial score (nSPS) is 14.0. The van der Waals surface area contributed by atoms with Crippen molar-refractivity contribution in [2.45, 2.75) is 25.3 Å². The number of amides is 1. The third-order valence-corrected chi connectivity index (χ3v) is 5.04. The SMILES string of the molecule is CN(CCO)C[C@H](CC=O)Nc1cc(-c2cnc(NC(=O)C3CC3)cn2)ccc1C#N. The zero-order valence-electron chi connectivity index (χ0n) is 17.4. The van der Waals surface area contributed by atoms with Crippen molar-refractivity contribution in [2.24, 2.45) is 5.92 Å². The lowest BCUT2D eigenvalue weighted by atomic mass is 10.1. The summed E-state index contributed by atoms with van der Waals surface area (Å²) in [4.78, 5) is 33.6. The van der Waals surface area contributed by atoms with Gasteiger partial charge in [-0.3, -0.25) is 9.78 Å². The Bertz CT molecular complexity index is 953. The summed E-state index contributed by atoms with van der Waals surface area (Å²) in [5, 5.41) is 24.6. The molecule has 1 heterocycles. The standard InChI is InChI=1S/C22H26N6O3/c1-28(7-9-30)14-18(6-8-29)26-19-10-16(4-5-17(19)11-23)20-12-25-21(13-24-20)27-22(31)15-2-3-15/h4-5,8,10,12-13,15,18,26,30H,2-3,6-7,9,14H2,1H3,(H,25,27,31)/t18-/m0/s1. The van der Waals surface area contributed by atoms with Crippen molar-refractivity contribution in [2.75, 3.05) is 37.4 Å². The third kappa shape index (κ3) is 6.31. The molecule has 0 bridgehead atoms. The number of likely N-dealkylation sites (N-methyl/N-ethyl adjacent to an activating group) is 1. The predicted octanol–water partition coefficient (Wildman–Crippen LogP) is 1.66. The van der Waals surface area contributed by atoms with Crippen molar-refractivity contribution in [1.29, 1.82) is 5.26 Å². The number of hydrogen-bond acceptors (Lipinski definition) is 8. The monoisotopic (exact) mass is 422 g/mol. The molecule has 2 aromatic rings. The highest BCUT2D eigenvalue weighted by molar-refractivity contribution is 5.93. The number of carbonyl (C=O) groups is 2. The molecule has 1 aromatic carbocycles. The van der Waals surface area contributed by atoms with Crippen molar-refractivity contribution in [1.82, 2.24) is 14.9 Å². The van der Waals surface area contributed by atoms with Crippen LogP contribution in [0.4, 0.5) is 11.5 Å². The smallest absolute Gasteiger partial charge is 0.228 e. The van der Waals surface area contributed by atoms with Gasteiger partial charge >= 0.3 is 0 Å². The summed E-state index contributed by atoms with van der Waals surface area (Å²) in [6.07, 6.45) is 6.02. The van der Waals surface area contributed by atoms with Gasteiger partial charge in [-0.25, -0.2) is 4.98 Å². The van der Waals surface area contributed by atoms with E-state index < -0.39 is 0 Å². The van der Waals surface area contributed by atoms with Crippen molar-refractivity contribution in [3.63, 3.8) is 0 Å². The molecule has 31 heavy (non-hydrogen) atoms. The van der Waals surface area contributed by atoms with Crippen LogP contribution in [0.2, 0.25) is 0 Å². The topological polar surface area (TPSA) is 131 Å². The number of rotatable bonds is 11. The van der Waals surface area contributed by atoms with E-state index in [1.54, 1.807) is 24.4 Å². The van der Waals surface area contributed by atoms with E-state index in [2.05, 4.69) is 26.7 Å². The summed E-state index contributed by atoms with van der Waals surface area (Å²) in [5.74, 6) is 0.467. The number of nitrogens with one attached hydrogen (secondary N) is 2. The van der Waals surface area contributed by atoms with Crippen LogP contribution in [0.1, 0.15) is 24.8 Å². The van der Waals surface area contributed by atoms with Gasteiger partial charge in [0.2, 0.25) is 5.91 Å². The van der Waals surface area contributed by atoms with Crippen LogP contribution in [0.5, 0.6) is 0 Å². The molecule has 1 amide bonds. The molecule has 1 atom stereocenters. The summed E-state index contributed by atoms with van der Waals surface area (Å²) < 4.78 is 0. The lowest BCUT2D eigenvalue weighted by molar-refractivity contribution is -0.117. The van der Waals surface area contributed by atoms with Gasteiger partial charge in [0.25, 0.3) is 0 Å². The van der Waals surface area contributed by atoms with E-state index in [9.17, 15) is 14.9 Å². The lowest BCUT2D eigenvalue weighted by Gasteiger charge is -2.24. The Morgan fingerprint density at radius 3 is 2.81 bits per heavy atom. The zero-order valence-corrected chi connectivity index (χ0v) is 17.4. The van der Waals surface area contributed by atoms with Gasteiger partial charge in [0.1, 0.15) is 12.4 Å². The fourth-order valence-electron chi connectivity index (χ4n) is 3.19. The van der Waals surface area contributed by atoms with Crippen LogP contribution < -0.4 is 10.6 Å². The molecule has 0 unspecified atom stereocenters. The van der Waals surface area contributed by atoms with Gasteiger partial charge in [-0.05, 0) is 32.0 Å². The van der Waals surface area contributed by atoms with Crippen molar-refractivity contribution < 1.29 is 14.7 Å². The van der Waals surface area contributed by atoms with Gasteiger partial charge in [-0.1, -0.05) is 6.07 Å². The molecule has 0 spiro atoms. The fraction of sp³-hybridized carbons (Fsp3) is 0.409. The number of aldehydes is 1. The van der Waals surface area contributed by atoms with Gasteiger partial charge in [0.15, 0.2) is 5.82 Å². The zero-order chi connectivity index (χ0) is 22.2. The van der Waals surface area contributed by atoms with Gasteiger partial charge in [0.05, 0.1) is 35.9 Å². The Morgan fingerprint density at radius 1 is 1.39 bits per heavy atom. The van der Waals surface area contributed by atoms with Crippen LogP contribution in [0, 0.1) is 17.2 Å². The number of nitrogens with zero attached hydrogens (tertiary/aromatic N) is 4. The van der Waals surface area contributed by atoms with E-state index >= 15 is 0 Å². The van der Waals surface area contributed by atoms with E-state index in [4.69, 9.17) is 5.11 Å². The van der Waals surface area contributed by atoms with Gasteiger partial charge in [-0.2, -0.15) is 5.26 Å². The number of aliphatic hydroxyl groups excluding tert-OH is 1. The molecular formula is C22H26N6O3. The highest BCUT2D eigenvalue weighted by atomic mass is 16.3. The molecule has 9 heteroatoms. The van der Waals surface area contributed by atoms with E-state index in [0.717, 1.165) is 24.7 Å². The van der Waals surface area contributed by atoms with Gasteiger partial charge < -0.3 is 25.4 Å². The highest BCUT2D eigenvalue weighted by Gasteiger charge is 2.29. The summed E-state index contributed by atoms with van der Waals surface area (Å²) in [6, 6.07) is 7.21. The minimum atomic E-state index is -0.220. The summed E-state index contributed by atoms with van der Waals surface area (Å²) in [6.45, 7) is 1.05. The average molecular weight is 422 g/mol. The molecule has 0 aliphatic heterocycles. The molecule has 9 nitrogen and oxygen atoms in total. The van der Waals surface area contributed by atoms with Crippen LogP contribution in [-0.2, 0) is 9.59 Å². The maximum Gasteiger partial charge on any atom is 0.228 e. The van der Waals surface area contributed by atoms with Crippen LogP contribution in [-0.4, -0.2) is 65.0 Å². The molecule has 162 valence electrons. The number of hydrogen-bond donors (Lipinski definition) is 3. The Balaban J connectivity index is 1.76. The maximum absolute atomic E-state index is 11.9. The second-order valence-electron chi connectivity index (χ2n) is 7.65. The second kappa shape index (κ2) is 10.6. The van der Waals surface area contributed by atoms with Crippen molar-refractivity contribution >= 4 is 23.7 Å². The van der Waals surface area contributed by atoms with Crippen molar-refractivity contribution in [3.8, 4) is 17.3 Å². The number of aromatic nitrogens is 2. The Kier molecular flexibility index (Phi) is 7.65. The first kappa shape index (κ1) is 22.3. The van der Waals surface area contributed by atoms with E-state index in [1.165, 1.54) is 6.20 Å². The summed E-state index contributed by atoms with van der Waals surface area (Å²) in [7, 11) is 1.86. The Hall–Kier alpha value is -3.35. The van der Waals surface area contributed by atoms with E-state index in [1.807, 2.05) is 11.9 Å². The van der Waals surface area contributed by atoms with Crippen LogP contribution in [0.25, 0.3) is 11.3 Å². The molecule has 1 aromatic heterocycles. The fourth-order valence-corrected chi connectivity index (χ4v) is 3.19. The molecule has 3 rings (SSSR count). The molecule has 1 aliphatic carbocycles. The number of benzene rings is 1. The molecule has 1 aliphatic rings. The molecule has 3 N–H and O–H groups in total. The summed E-state index contributed by atoms with van der Waals surface area (Å²) >= 11 is 0. The maximum atomic E-state index is 11.9. The molecule has 0 saturated heterocycles. The van der Waals surface area contributed by atoms with Gasteiger partial charge in [-0.15, -0.1) is 0 Å². The number of nitriles is 1. The van der Waals surface area contributed by atoms with Gasteiger partial charge in [0, 0.05) is 37.0 Å². The largest absolute Gasteiger partial charge is 0.395 e. The Morgan fingerprint density at radius 2 is 2.19 bits per heavy atom. The molecule has 1 fully saturated rings. The van der Waals surface area contributed by atoms with Crippen LogP contribution in [0.15, 0.2) is 30.6 Å². The van der Waals surface area contributed by atoms with E-state index in [-0.39, 0.29) is 30.9 Å². The minimum absolute atomic E-state index is 0.0268.